The number of fused-ring (bicyclic) bond motifs is 1. The van der Waals surface area contributed by atoms with E-state index in [0.717, 1.165) is 34.8 Å². The Hall–Kier alpha value is -3.00. The molecule has 30 heavy (non-hydrogen) atoms. The Kier molecular flexibility index (Phi) is 5.67. The van der Waals surface area contributed by atoms with Crippen LogP contribution < -0.4 is 15.5 Å². The number of ether oxygens (including phenoxy) is 1. The van der Waals surface area contributed by atoms with Crippen molar-refractivity contribution in [2.45, 2.75) is 43.6 Å². The maximum atomic E-state index is 13.3. The van der Waals surface area contributed by atoms with Gasteiger partial charge < -0.3 is 15.5 Å². The summed E-state index contributed by atoms with van der Waals surface area (Å²) in [7, 11) is 1.64. The van der Waals surface area contributed by atoms with Gasteiger partial charge in [0.15, 0.2) is 5.82 Å². The van der Waals surface area contributed by atoms with Gasteiger partial charge in [-0.05, 0) is 54.8 Å². The summed E-state index contributed by atoms with van der Waals surface area (Å²) in [5, 5.41) is 11.9. The van der Waals surface area contributed by atoms with Crippen molar-refractivity contribution in [3.05, 3.63) is 65.0 Å². The number of aromatic nitrogens is 3. The number of rotatable bonds is 5. The average molecular weight is 424 g/mol. The molecule has 0 unspecified atom stereocenters. The van der Waals surface area contributed by atoms with Crippen LogP contribution in [0.4, 0.5) is 5.69 Å². The van der Waals surface area contributed by atoms with Gasteiger partial charge in [0.05, 0.1) is 13.2 Å². The maximum absolute atomic E-state index is 13.3. The Morgan fingerprint density at radius 1 is 1.17 bits per heavy atom. The normalized spacial score (nSPS) is 17.7. The SMILES string of the molecule is CCc1nnc2n1N[C@H](c1ccc(OC)cc1)[C@H](C(=O)Nc1ccc(C)c(C)c1)S2. The van der Waals surface area contributed by atoms with Gasteiger partial charge in [0.25, 0.3) is 0 Å². The maximum Gasteiger partial charge on any atom is 0.240 e. The van der Waals surface area contributed by atoms with E-state index in [-0.39, 0.29) is 11.9 Å². The second-order valence-electron chi connectivity index (χ2n) is 7.29. The van der Waals surface area contributed by atoms with Crippen molar-refractivity contribution >= 4 is 23.4 Å². The second-order valence-corrected chi connectivity index (χ2v) is 8.40. The first-order chi connectivity index (χ1) is 14.5. The smallest absolute Gasteiger partial charge is 0.240 e. The topological polar surface area (TPSA) is 81.1 Å². The first-order valence-electron chi connectivity index (χ1n) is 9.89. The molecule has 2 heterocycles. The number of methoxy groups -OCH3 is 1. The summed E-state index contributed by atoms with van der Waals surface area (Å²) in [6.45, 7) is 6.13. The molecule has 8 heteroatoms. The van der Waals surface area contributed by atoms with Crippen molar-refractivity contribution in [1.29, 1.82) is 0 Å². The molecule has 0 saturated carbocycles. The van der Waals surface area contributed by atoms with Gasteiger partial charge in [-0.3, -0.25) is 4.79 Å². The molecule has 0 aliphatic carbocycles. The van der Waals surface area contributed by atoms with Crippen molar-refractivity contribution in [3.63, 3.8) is 0 Å². The van der Waals surface area contributed by atoms with E-state index in [2.05, 4.69) is 27.9 Å². The number of benzene rings is 2. The number of nitrogens with zero attached hydrogens (tertiary/aromatic N) is 3. The summed E-state index contributed by atoms with van der Waals surface area (Å²) in [5.74, 6) is 1.53. The molecule has 3 aromatic rings. The zero-order valence-electron chi connectivity index (χ0n) is 17.5. The van der Waals surface area contributed by atoms with Crippen molar-refractivity contribution in [1.82, 2.24) is 14.9 Å². The molecule has 1 aromatic heterocycles. The Labute approximate surface area is 180 Å². The van der Waals surface area contributed by atoms with Crippen LogP contribution in [0.3, 0.4) is 0 Å². The summed E-state index contributed by atoms with van der Waals surface area (Å²) >= 11 is 1.42. The molecule has 1 aliphatic heterocycles. The average Bonchev–Trinajstić information content (AvgIpc) is 3.17. The van der Waals surface area contributed by atoms with Crippen LogP contribution in [0, 0.1) is 13.8 Å². The zero-order chi connectivity index (χ0) is 21.3. The molecule has 4 rings (SSSR count). The van der Waals surface area contributed by atoms with Gasteiger partial charge >= 0.3 is 0 Å². The van der Waals surface area contributed by atoms with Gasteiger partial charge in [-0.25, -0.2) is 4.68 Å². The highest BCUT2D eigenvalue weighted by molar-refractivity contribution is 8.00. The fourth-order valence-corrected chi connectivity index (χ4v) is 4.52. The molecular weight excluding hydrogens is 398 g/mol. The summed E-state index contributed by atoms with van der Waals surface area (Å²) in [6.07, 6.45) is 0.745. The van der Waals surface area contributed by atoms with Gasteiger partial charge in [-0.1, -0.05) is 36.9 Å². The summed E-state index contributed by atoms with van der Waals surface area (Å²) in [6, 6.07) is 13.5. The fourth-order valence-electron chi connectivity index (χ4n) is 3.42. The molecule has 0 radical (unpaired) electrons. The third kappa shape index (κ3) is 3.87. The lowest BCUT2D eigenvalue weighted by Gasteiger charge is -2.33. The van der Waals surface area contributed by atoms with Crippen LogP contribution >= 0.6 is 11.8 Å². The quantitative estimate of drug-likeness (QED) is 0.649. The second kappa shape index (κ2) is 8.39. The van der Waals surface area contributed by atoms with Crippen LogP contribution in [0.1, 0.15) is 35.5 Å². The third-order valence-corrected chi connectivity index (χ3v) is 6.54. The molecule has 0 spiro atoms. The zero-order valence-corrected chi connectivity index (χ0v) is 18.3. The molecular formula is C22H25N5O2S. The molecule has 0 bridgehead atoms. The number of carbonyl (C=O) groups excluding carboxylic acids is 1. The van der Waals surface area contributed by atoms with Crippen molar-refractivity contribution in [2.75, 3.05) is 17.9 Å². The van der Waals surface area contributed by atoms with Crippen molar-refractivity contribution in [2.24, 2.45) is 0 Å². The first kappa shape index (κ1) is 20.3. The van der Waals surface area contributed by atoms with Crippen LogP contribution in [-0.4, -0.2) is 33.1 Å². The third-order valence-electron chi connectivity index (χ3n) is 5.33. The minimum Gasteiger partial charge on any atom is -0.497 e. The molecule has 156 valence electrons. The van der Waals surface area contributed by atoms with E-state index in [4.69, 9.17) is 4.74 Å². The van der Waals surface area contributed by atoms with Gasteiger partial charge in [0.1, 0.15) is 11.0 Å². The molecule has 7 nitrogen and oxygen atoms in total. The van der Waals surface area contributed by atoms with Gasteiger partial charge in [-0.2, -0.15) is 0 Å². The van der Waals surface area contributed by atoms with E-state index in [0.29, 0.717) is 5.16 Å². The number of hydrogen-bond donors (Lipinski definition) is 2. The summed E-state index contributed by atoms with van der Waals surface area (Å²) < 4.78 is 7.17. The molecule has 1 amide bonds. The van der Waals surface area contributed by atoms with Crippen LogP contribution in [-0.2, 0) is 11.2 Å². The van der Waals surface area contributed by atoms with Crippen molar-refractivity contribution < 1.29 is 9.53 Å². The monoisotopic (exact) mass is 423 g/mol. The van der Waals surface area contributed by atoms with Crippen LogP contribution in [0.2, 0.25) is 0 Å². The Morgan fingerprint density at radius 2 is 1.93 bits per heavy atom. The molecule has 0 saturated heterocycles. The van der Waals surface area contributed by atoms with Crippen LogP contribution in [0.25, 0.3) is 0 Å². The molecule has 1 aliphatic rings. The Balaban J connectivity index is 1.66. The molecule has 2 N–H and O–H groups in total. The Bertz CT molecular complexity index is 1060. The number of thioether (sulfide) groups is 1. The number of nitrogens with one attached hydrogen (secondary N) is 2. The van der Waals surface area contributed by atoms with Gasteiger partial charge in [0, 0.05) is 12.1 Å². The number of anilines is 1. The highest BCUT2D eigenvalue weighted by Crippen LogP contribution is 2.38. The summed E-state index contributed by atoms with van der Waals surface area (Å²) in [4.78, 5) is 13.3. The van der Waals surface area contributed by atoms with E-state index in [1.165, 1.54) is 17.3 Å². The minimum atomic E-state index is -0.415. The molecule has 2 atom stereocenters. The predicted molar refractivity (Wildman–Crippen MR) is 119 cm³/mol. The first-order valence-corrected chi connectivity index (χ1v) is 10.8. The fraction of sp³-hybridized carbons (Fsp3) is 0.318. The largest absolute Gasteiger partial charge is 0.497 e. The standard InChI is InChI=1S/C22H25N5O2S/c1-5-18-24-25-22-27(18)26-19(15-7-10-17(29-4)11-8-15)20(30-22)21(28)23-16-9-6-13(2)14(3)12-16/h6-12,19-20,26H,5H2,1-4H3,(H,23,28)/t19-,20-/m1/s1. The lowest BCUT2D eigenvalue weighted by molar-refractivity contribution is -0.116. The number of amides is 1. The number of aryl methyl sites for hydroxylation is 3. The highest BCUT2D eigenvalue weighted by atomic mass is 32.2. The molecule has 0 fully saturated rings. The minimum absolute atomic E-state index is 0.0798. The Morgan fingerprint density at radius 3 is 2.60 bits per heavy atom. The van der Waals surface area contributed by atoms with E-state index >= 15 is 0 Å². The number of hydrogen-bond acceptors (Lipinski definition) is 6. The lowest BCUT2D eigenvalue weighted by Crippen LogP contribution is -2.41. The van der Waals surface area contributed by atoms with Crippen molar-refractivity contribution in [3.8, 4) is 5.75 Å². The summed E-state index contributed by atoms with van der Waals surface area (Å²) in [5.41, 5.74) is 7.57. The highest BCUT2D eigenvalue weighted by Gasteiger charge is 2.37. The number of carbonyl (C=O) groups is 1. The lowest BCUT2D eigenvalue weighted by atomic mass is 10.0. The molecule has 2 aromatic carbocycles. The van der Waals surface area contributed by atoms with Crippen LogP contribution in [0.5, 0.6) is 5.75 Å². The van der Waals surface area contributed by atoms with E-state index < -0.39 is 5.25 Å². The van der Waals surface area contributed by atoms with Gasteiger partial charge in [-0.15, -0.1) is 10.2 Å². The van der Waals surface area contributed by atoms with E-state index in [1.54, 1.807) is 7.11 Å². The van der Waals surface area contributed by atoms with Gasteiger partial charge in [0.2, 0.25) is 11.1 Å². The predicted octanol–water partition coefficient (Wildman–Crippen LogP) is 3.86. The van der Waals surface area contributed by atoms with E-state index in [1.807, 2.05) is 61.0 Å². The van der Waals surface area contributed by atoms with Crippen LogP contribution in [0.15, 0.2) is 47.6 Å². The van der Waals surface area contributed by atoms with E-state index in [9.17, 15) is 4.79 Å².